The highest BCUT2D eigenvalue weighted by molar-refractivity contribution is 6.05. The summed E-state index contributed by atoms with van der Waals surface area (Å²) in [5.74, 6) is -0.727. The van der Waals surface area contributed by atoms with Crippen molar-refractivity contribution in [2.75, 3.05) is 13.1 Å². The summed E-state index contributed by atoms with van der Waals surface area (Å²) in [6.45, 7) is 1.26. The summed E-state index contributed by atoms with van der Waals surface area (Å²) in [6, 6.07) is 7.89. The molecule has 6 nitrogen and oxygen atoms in total. The van der Waals surface area contributed by atoms with Gasteiger partial charge in [0.05, 0.1) is 0 Å². The van der Waals surface area contributed by atoms with E-state index in [0.29, 0.717) is 24.1 Å². The summed E-state index contributed by atoms with van der Waals surface area (Å²) < 4.78 is 5.10. The first kappa shape index (κ1) is 14.3. The summed E-state index contributed by atoms with van der Waals surface area (Å²) in [7, 11) is 0. The Hall–Kier alpha value is -2.63. The van der Waals surface area contributed by atoms with E-state index in [0.717, 1.165) is 19.3 Å². The van der Waals surface area contributed by atoms with E-state index in [1.54, 1.807) is 29.2 Å². The Kier molecular flexibility index (Phi) is 3.91. The molecule has 114 valence electrons. The van der Waals surface area contributed by atoms with Gasteiger partial charge in [-0.05, 0) is 31.4 Å². The van der Waals surface area contributed by atoms with E-state index < -0.39 is 17.6 Å². The minimum atomic E-state index is -0.748. The number of para-hydroxylation sites is 1. The van der Waals surface area contributed by atoms with Crippen molar-refractivity contribution in [1.82, 2.24) is 10.2 Å². The number of imide groups is 1. The maximum Gasteiger partial charge on any atom is 0.349 e. The molecule has 0 spiro atoms. The van der Waals surface area contributed by atoms with Gasteiger partial charge in [0.25, 0.3) is 5.91 Å². The Balaban J connectivity index is 1.81. The number of nitrogens with zero attached hydrogens (tertiary/aromatic N) is 1. The molecule has 3 amide bonds. The summed E-state index contributed by atoms with van der Waals surface area (Å²) in [5, 5.41) is 2.90. The molecule has 0 saturated carbocycles. The fourth-order valence-corrected chi connectivity index (χ4v) is 2.56. The van der Waals surface area contributed by atoms with Crippen molar-refractivity contribution < 1.29 is 14.0 Å². The third-order valence-electron chi connectivity index (χ3n) is 3.75. The number of benzene rings is 1. The number of nitrogens with one attached hydrogen (secondary N) is 1. The normalized spacial score (nSPS) is 14.8. The van der Waals surface area contributed by atoms with Crippen LogP contribution in [0, 0.1) is 0 Å². The number of carbonyl (C=O) groups excluding carboxylic acids is 2. The molecule has 2 heterocycles. The summed E-state index contributed by atoms with van der Waals surface area (Å²) in [5.41, 5.74) is -0.502. The van der Waals surface area contributed by atoms with Crippen molar-refractivity contribution in [3.63, 3.8) is 0 Å². The maximum atomic E-state index is 12.1. The molecule has 0 aliphatic carbocycles. The average molecular weight is 300 g/mol. The van der Waals surface area contributed by atoms with E-state index in [1.807, 2.05) is 0 Å². The van der Waals surface area contributed by atoms with E-state index in [1.165, 1.54) is 6.07 Å². The number of rotatable bonds is 1. The summed E-state index contributed by atoms with van der Waals surface area (Å²) in [4.78, 5) is 37.6. The molecule has 2 aromatic rings. The first-order valence-electron chi connectivity index (χ1n) is 7.28. The van der Waals surface area contributed by atoms with E-state index in [9.17, 15) is 14.4 Å². The standard InChI is InChI=1S/C16H16N2O4/c19-14(17-16(21)18-8-4-1-5-9-18)12-10-11-6-2-3-7-13(11)22-15(12)20/h2-3,6-7,10H,1,4-5,8-9H2,(H,17,19,21). The van der Waals surface area contributed by atoms with Crippen molar-refractivity contribution in [1.29, 1.82) is 0 Å². The summed E-state index contributed by atoms with van der Waals surface area (Å²) in [6.07, 6.45) is 2.95. The van der Waals surface area contributed by atoms with Crippen molar-refractivity contribution in [2.24, 2.45) is 0 Å². The smallest absolute Gasteiger partial charge is 0.349 e. The van der Waals surface area contributed by atoms with E-state index in [2.05, 4.69) is 5.32 Å². The van der Waals surface area contributed by atoms with E-state index in [4.69, 9.17) is 4.42 Å². The second-order valence-corrected chi connectivity index (χ2v) is 5.29. The van der Waals surface area contributed by atoms with Crippen LogP contribution in [0.25, 0.3) is 11.0 Å². The van der Waals surface area contributed by atoms with Crippen molar-refractivity contribution >= 4 is 22.9 Å². The third kappa shape index (κ3) is 2.86. The Bertz CT molecular complexity index is 775. The second-order valence-electron chi connectivity index (χ2n) is 5.29. The number of hydrogen-bond donors (Lipinski definition) is 1. The number of fused-ring (bicyclic) bond motifs is 1. The number of likely N-dealkylation sites (tertiary alicyclic amines) is 1. The molecule has 6 heteroatoms. The zero-order chi connectivity index (χ0) is 15.5. The van der Waals surface area contributed by atoms with Gasteiger partial charge in [-0.3, -0.25) is 10.1 Å². The first-order chi connectivity index (χ1) is 10.6. The lowest BCUT2D eigenvalue weighted by Gasteiger charge is -2.26. The Morgan fingerprint density at radius 1 is 1.09 bits per heavy atom. The number of hydrogen-bond acceptors (Lipinski definition) is 4. The number of amides is 3. The van der Waals surface area contributed by atoms with Crippen LogP contribution >= 0.6 is 0 Å². The molecule has 0 unspecified atom stereocenters. The van der Waals surface area contributed by atoms with Crippen LogP contribution in [0.3, 0.4) is 0 Å². The van der Waals surface area contributed by atoms with Gasteiger partial charge in [-0.1, -0.05) is 18.2 Å². The quantitative estimate of drug-likeness (QED) is 0.818. The molecule has 0 bridgehead atoms. The predicted molar refractivity (Wildman–Crippen MR) is 80.8 cm³/mol. The Labute approximate surface area is 126 Å². The molecule has 1 N–H and O–H groups in total. The third-order valence-corrected chi connectivity index (χ3v) is 3.75. The fraction of sp³-hybridized carbons (Fsp3) is 0.312. The molecule has 1 fully saturated rings. The predicted octanol–water partition coefficient (Wildman–Crippen LogP) is 2.13. The molecular formula is C16H16N2O4. The van der Waals surface area contributed by atoms with Crippen LogP contribution in [0.15, 0.2) is 39.5 Å². The van der Waals surface area contributed by atoms with Crippen LogP contribution in [-0.4, -0.2) is 29.9 Å². The fourth-order valence-electron chi connectivity index (χ4n) is 2.56. The van der Waals surface area contributed by atoms with Crippen LogP contribution in [-0.2, 0) is 0 Å². The molecule has 0 atom stereocenters. The van der Waals surface area contributed by atoms with Gasteiger partial charge in [0, 0.05) is 18.5 Å². The van der Waals surface area contributed by atoms with Crippen LogP contribution in [0.2, 0.25) is 0 Å². The lowest BCUT2D eigenvalue weighted by atomic mass is 10.1. The SMILES string of the molecule is O=C(NC(=O)N1CCCCC1)c1cc2ccccc2oc1=O. The molecule has 1 aromatic heterocycles. The molecule has 22 heavy (non-hydrogen) atoms. The monoisotopic (exact) mass is 300 g/mol. The van der Waals surface area contributed by atoms with E-state index >= 15 is 0 Å². The highest BCUT2D eigenvalue weighted by atomic mass is 16.4. The van der Waals surface area contributed by atoms with Gasteiger partial charge in [-0.25, -0.2) is 9.59 Å². The van der Waals surface area contributed by atoms with Crippen LogP contribution in [0.4, 0.5) is 4.79 Å². The molecule has 1 aliphatic rings. The molecule has 1 aliphatic heterocycles. The number of piperidine rings is 1. The van der Waals surface area contributed by atoms with Gasteiger partial charge >= 0.3 is 11.7 Å². The van der Waals surface area contributed by atoms with Gasteiger partial charge in [0.2, 0.25) is 0 Å². The van der Waals surface area contributed by atoms with Crippen molar-refractivity contribution in [3.05, 3.63) is 46.3 Å². The molecular weight excluding hydrogens is 284 g/mol. The van der Waals surface area contributed by atoms with Gasteiger partial charge in [0.1, 0.15) is 11.1 Å². The van der Waals surface area contributed by atoms with Crippen LogP contribution < -0.4 is 10.9 Å². The Morgan fingerprint density at radius 3 is 2.59 bits per heavy atom. The zero-order valence-corrected chi connectivity index (χ0v) is 12.0. The number of urea groups is 1. The van der Waals surface area contributed by atoms with E-state index in [-0.39, 0.29) is 5.56 Å². The molecule has 1 saturated heterocycles. The van der Waals surface area contributed by atoms with Crippen molar-refractivity contribution in [3.8, 4) is 0 Å². The molecule has 0 radical (unpaired) electrons. The lowest BCUT2D eigenvalue weighted by Crippen LogP contribution is -2.45. The van der Waals surface area contributed by atoms with Crippen molar-refractivity contribution in [2.45, 2.75) is 19.3 Å². The minimum absolute atomic E-state index is 0.163. The summed E-state index contributed by atoms with van der Waals surface area (Å²) >= 11 is 0. The average Bonchev–Trinajstić information content (AvgIpc) is 2.54. The molecule has 1 aromatic carbocycles. The Morgan fingerprint density at radius 2 is 1.82 bits per heavy atom. The lowest BCUT2D eigenvalue weighted by molar-refractivity contribution is 0.0945. The van der Waals surface area contributed by atoms with Crippen LogP contribution in [0.1, 0.15) is 29.6 Å². The molecule has 3 rings (SSSR count). The highest BCUT2D eigenvalue weighted by Gasteiger charge is 2.21. The maximum absolute atomic E-state index is 12.1. The second kappa shape index (κ2) is 6.01. The number of carbonyl (C=O) groups is 2. The first-order valence-corrected chi connectivity index (χ1v) is 7.28. The van der Waals surface area contributed by atoms with Crippen LogP contribution in [0.5, 0.6) is 0 Å². The highest BCUT2D eigenvalue weighted by Crippen LogP contribution is 2.13. The minimum Gasteiger partial charge on any atom is -0.422 e. The zero-order valence-electron chi connectivity index (χ0n) is 12.0. The van der Waals surface area contributed by atoms with Gasteiger partial charge in [-0.2, -0.15) is 0 Å². The van der Waals surface area contributed by atoms with Gasteiger partial charge < -0.3 is 9.32 Å². The topological polar surface area (TPSA) is 79.6 Å². The van der Waals surface area contributed by atoms with Gasteiger partial charge in [-0.15, -0.1) is 0 Å². The van der Waals surface area contributed by atoms with Gasteiger partial charge in [0.15, 0.2) is 0 Å². The largest absolute Gasteiger partial charge is 0.422 e.